The Kier molecular flexibility index (Phi) is 4.18. The van der Waals surface area contributed by atoms with Crippen LogP contribution in [0.25, 0.3) is 0 Å². The molecular formula is C24H34O4. The van der Waals surface area contributed by atoms with E-state index in [2.05, 4.69) is 19.9 Å². The number of aliphatic hydroxyl groups is 3. The highest BCUT2D eigenvalue weighted by Gasteiger charge is 2.66. The third-order valence-corrected chi connectivity index (χ3v) is 9.47. The third-order valence-electron chi connectivity index (χ3n) is 9.47. The zero-order valence-electron chi connectivity index (χ0n) is 17.1. The predicted molar refractivity (Wildman–Crippen MR) is 107 cm³/mol. The minimum Gasteiger partial charge on any atom is -0.469 e. The van der Waals surface area contributed by atoms with Crippen LogP contribution in [0.5, 0.6) is 0 Å². The minimum atomic E-state index is -0.849. The second kappa shape index (κ2) is 6.20. The smallest absolute Gasteiger partial charge is 0.216 e. The quantitative estimate of drug-likeness (QED) is 0.599. The van der Waals surface area contributed by atoms with E-state index in [9.17, 15) is 15.3 Å². The predicted octanol–water partition coefficient (Wildman–Crippen LogP) is 3.83. The van der Waals surface area contributed by atoms with Crippen LogP contribution in [0.15, 0.2) is 35.6 Å². The van der Waals surface area contributed by atoms with E-state index in [4.69, 9.17) is 4.74 Å². The molecule has 0 bridgehead atoms. The van der Waals surface area contributed by atoms with Gasteiger partial charge in [0.2, 0.25) is 6.29 Å². The molecule has 0 aromatic rings. The van der Waals surface area contributed by atoms with E-state index in [1.807, 2.05) is 6.08 Å². The van der Waals surface area contributed by atoms with Gasteiger partial charge >= 0.3 is 0 Å². The summed E-state index contributed by atoms with van der Waals surface area (Å²) < 4.78 is 5.36. The molecule has 8 unspecified atom stereocenters. The van der Waals surface area contributed by atoms with Gasteiger partial charge in [-0.05, 0) is 86.2 Å². The lowest BCUT2D eigenvalue weighted by Crippen LogP contribution is -2.60. The summed E-state index contributed by atoms with van der Waals surface area (Å²) in [6, 6.07) is 0. The number of aliphatic hydroxyl groups excluding tert-OH is 2. The molecule has 3 saturated carbocycles. The van der Waals surface area contributed by atoms with E-state index >= 15 is 0 Å². The van der Waals surface area contributed by atoms with Crippen molar-refractivity contribution >= 4 is 0 Å². The average Bonchev–Trinajstić information content (AvgIpc) is 2.95. The fourth-order valence-corrected chi connectivity index (χ4v) is 7.84. The molecule has 4 heteroatoms. The first-order chi connectivity index (χ1) is 13.3. The highest BCUT2D eigenvalue weighted by atomic mass is 16.6. The molecule has 154 valence electrons. The molecule has 0 aromatic heterocycles. The number of hydrogen-bond acceptors (Lipinski definition) is 4. The van der Waals surface area contributed by atoms with E-state index < -0.39 is 11.9 Å². The van der Waals surface area contributed by atoms with Crippen LogP contribution in [0, 0.1) is 28.6 Å². The Balaban J connectivity index is 1.47. The van der Waals surface area contributed by atoms with Crippen molar-refractivity contribution in [2.45, 2.75) is 83.2 Å². The lowest BCUT2D eigenvalue weighted by atomic mass is 9.45. The van der Waals surface area contributed by atoms with Crippen molar-refractivity contribution in [3.63, 3.8) is 0 Å². The van der Waals surface area contributed by atoms with Crippen molar-refractivity contribution in [1.82, 2.24) is 0 Å². The molecule has 4 aliphatic carbocycles. The average molecular weight is 387 g/mol. The molecule has 0 radical (unpaired) electrons. The maximum absolute atomic E-state index is 12.2. The van der Waals surface area contributed by atoms with Gasteiger partial charge in [-0.15, -0.1) is 0 Å². The van der Waals surface area contributed by atoms with Crippen LogP contribution in [0.1, 0.15) is 65.2 Å². The molecule has 3 N–H and O–H groups in total. The standard InChI is InChI=1S/C24H34O4/c1-22-10-7-17(25)13-16(22)4-5-20-19(22)8-11-23(2)18(9-12-24(20,23)27)15-3-6-21(26)28-14-15/h3,6,13-14,17-21,25-27H,4-5,7-12H2,1-2H3. The van der Waals surface area contributed by atoms with Crippen molar-refractivity contribution in [2.75, 3.05) is 0 Å². The summed E-state index contributed by atoms with van der Waals surface area (Å²) in [5.74, 6) is 1.11. The van der Waals surface area contributed by atoms with Crippen LogP contribution in [-0.2, 0) is 4.74 Å². The van der Waals surface area contributed by atoms with Crippen LogP contribution in [0.2, 0.25) is 0 Å². The van der Waals surface area contributed by atoms with Gasteiger partial charge in [-0.3, -0.25) is 0 Å². The summed E-state index contributed by atoms with van der Waals surface area (Å²) >= 11 is 0. The van der Waals surface area contributed by atoms with Gasteiger partial charge in [0, 0.05) is 5.41 Å². The Morgan fingerprint density at radius 3 is 2.57 bits per heavy atom. The normalized spacial score (nSPS) is 52.7. The highest BCUT2D eigenvalue weighted by Crippen LogP contribution is 2.69. The largest absolute Gasteiger partial charge is 0.469 e. The van der Waals surface area contributed by atoms with Gasteiger partial charge in [-0.2, -0.15) is 0 Å². The maximum Gasteiger partial charge on any atom is 0.216 e. The fourth-order valence-electron chi connectivity index (χ4n) is 7.84. The molecule has 4 nitrogen and oxygen atoms in total. The molecule has 3 fully saturated rings. The van der Waals surface area contributed by atoms with Crippen molar-refractivity contribution < 1.29 is 20.1 Å². The van der Waals surface area contributed by atoms with E-state index in [-0.39, 0.29) is 22.9 Å². The van der Waals surface area contributed by atoms with Gasteiger partial charge in [0.15, 0.2) is 0 Å². The number of allylic oxidation sites excluding steroid dienone is 3. The Bertz CT molecular complexity index is 754. The highest BCUT2D eigenvalue weighted by molar-refractivity contribution is 5.33. The van der Waals surface area contributed by atoms with Gasteiger partial charge in [-0.25, -0.2) is 0 Å². The second-order valence-corrected chi connectivity index (χ2v) is 10.4. The third kappa shape index (κ3) is 2.41. The maximum atomic E-state index is 12.2. The van der Waals surface area contributed by atoms with Crippen LogP contribution in [0.4, 0.5) is 0 Å². The summed E-state index contributed by atoms with van der Waals surface area (Å²) in [5.41, 5.74) is 1.90. The SMILES string of the molecule is CC12CCC(O)C=C1CCC1C2CCC2(C)C(C3=COC(O)C=C3)CCC12O. The van der Waals surface area contributed by atoms with Crippen LogP contribution < -0.4 is 0 Å². The van der Waals surface area contributed by atoms with Crippen molar-refractivity contribution in [3.05, 3.63) is 35.6 Å². The summed E-state index contributed by atoms with van der Waals surface area (Å²) in [6.45, 7) is 4.68. The minimum absolute atomic E-state index is 0.133. The second-order valence-electron chi connectivity index (χ2n) is 10.4. The fraction of sp³-hybridized carbons (Fsp3) is 0.750. The van der Waals surface area contributed by atoms with Crippen molar-refractivity contribution in [3.8, 4) is 0 Å². The summed E-state index contributed by atoms with van der Waals surface area (Å²) in [4.78, 5) is 0. The molecular weight excluding hydrogens is 352 g/mol. The molecule has 0 amide bonds. The summed E-state index contributed by atoms with van der Waals surface area (Å²) in [5, 5.41) is 31.9. The van der Waals surface area contributed by atoms with E-state index in [1.54, 1.807) is 12.3 Å². The van der Waals surface area contributed by atoms with Gasteiger partial charge in [-0.1, -0.05) is 31.6 Å². The molecule has 0 spiro atoms. The molecule has 1 aliphatic heterocycles. The molecule has 0 aromatic carbocycles. The van der Waals surface area contributed by atoms with Gasteiger partial charge in [0.05, 0.1) is 18.0 Å². The van der Waals surface area contributed by atoms with Gasteiger partial charge in [0.25, 0.3) is 0 Å². The zero-order chi connectivity index (χ0) is 19.7. The first kappa shape index (κ1) is 18.9. The first-order valence-electron chi connectivity index (χ1n) is 11.1. The number of rotatable bonds is 1. The number of fused-ring (bicyclic) bond motifs is 5. The number of ether oxygens (including phenoxy) is 1. The Hall–Kier alpha value is -1.10. The van der Waals surface area contributed by atoms with Crippen LogP contribution in [-0.4, -0.2) is 33.3 Å². The van der Waals surface area contributed by atoms with Crippen molar-refractivity contribution in [1.29, 1.82) is 0 Å². The Morgan fingerprint density at radius 2 is 1.82 bits per heavy atom. The lowest BCUT2D eigenvalue weighted by Gasteiger charge is -2.61. The monoisotopic (exact) mass is 386 g/mol. The summed E-state index contributed by atoms with van der Waals surface area (Å²) in [6.07, 6.45) is 14.3. The molecule has 0 saturated heterocycles. The van der Waals surface area contributed by atoms with E-state index in [0.717, 1.165) is 56.9 Å². The van der Waals surface area contributed by atoms with Crippen molar-refractivity contribution in [2.24, 2.45) is 28.6 Å². The summed E-state index contributed by atoms with van der Waals surface area (Å²) in [7, 11) is 0. The van der Waals surface area contributed by atoms with Crippen LogP contribution in [0.3, 0.4) is 0 Å². The van der Waals surface area contributed by atoms with Crippen LogP contribution >= 0.6 is 0 Å². The Labute approximate surface area is 168 Å². The van der Waals surface area contributed by atoms with Gasteiger partial charge < -0.3 is 20.1 Å². The van der Waals surface area contributed by atoms with Gasteiger partial charge in [0.1, 0.15) is 0 Å². The Morgan fingerprint density at radius 1 is 1.00 bits per heavy atom. The number of hydrogen-bond donors (Lipinski definition) is 3. The van der Waals surface area contributed by atoms with E-state index in [0.29, 0.717) is 11.8 Å². The molecule has 1 heterocycles. The van der Waals surface area contributed by atoms with E-state index in [1.165, 1.54) is 5.57 Å². The molecule has 28 heavy (non-hydrogen) atoms. The molecule has 5 aliphatic rings. The topological polar surface area (TPSA) is 69.9 Å². The first-order valence-corrected chi connectivity index (χ1v) is 11.1. The lowest BCUT2D eigenvalue weighted by molar-refractivity contribution is -0.181. The molecule has 8 atom stereocenters. The zero-order valence-corrected chi connectivity index (χ0v) is 17.1. The molecule has 5 rings (SSSR count).